The van der Waals surface area contributed by atoms with Crippen LogP contribution in [0.3, 0.4) is 0 Å². The molecule has 2 aromatic carbocycles. The monoisotopic (exact) mass is 481 g/mol. The van der Waals surface area contributed by atoms with Gasteiger partial charge in [0.2, 0.25) is 5.91 Å². The minimum absolute atomic E-state index is 0.0315. The topological polar surface area (TPSA) is 131 Å². The van der Waals surface area contributed by atoms with Gasteiger partial charge in [0.1, 0.15) is 17.0 Å². The van der Waals surface area contributed by atoms with Crippen LogP contribution in [0.2, 0.25) is 0 Å². The fraction of sp³-hybridized carbons (Fsp3) is 0.217. The Bertz CT molecular complexity index is 1360. The van der Waals surface area contributed by atoms with Crippen LogP contribution in [-0.2, 0) is 22.6 Å². The van der Waals surface area contributed by atoms with Gasteiger partial charge in [-0.15, -0.1) is 0 Å². The number of rotatable bonds is 10. The molecule has 0 fully saturated rings. The number of aromatic nitrogens is 3. The molecule has 4 rings (SSSR count). The summed E-state index contributed by atoms with van der Waals surface area (Å²) in [5.74, 6) is -0.382. The molecule has 176 valence electrons. The summed E-state index contributed by atoms with van der Waals surface area (Å²) in [4.78, 5) is 44.5. The number of H-pyrrole nitrogens is 1. The van der Waals surface area contributed by atoms with Crippen molar-refractivity contribution in [2.75, 3.05) is 30.1 Å². The summed E-state index contributed by atoms with van der Waals surface area (Å²) in [6, 6.07) is 16.8. The van der Waals surface area contributed by atoms with Crippen LogP contribution in [0.25, 0.3) is 11.1 Å². The van der Waals surface area contributed by atoms with E-state index in [-0.39, 0.29) is 30.4 Å². The van der Waals surface area contributed by atoms with E-state index in [4.69, 9.17) is 9.15 Å². The van der Waals surface area contributed by atoms with E-state index in [1.54, 1.807) is 6.07 Å². The maximum atomic E-state index is 12.8. The van der Waals surface area contributed by atoms with E-state index in [1.165, 1.54) is 11.7 Å². The number of nitrogens with zero attached hydrogens (tertiary/aromatic N) is 2. The SMILES string of the molecule is COCCn1c(NC(=O)CSc2nc3ccccc3o2)c(NCc2ccccc2)c(=O)[nH]c1=O. The van der Waals surface area contributed by atoms with E-state index >= 15 is 0 Å². The van der Waals surface area contributed by atoms with Crippen LogP contribution in [0.1, 0.15) is 5.56 Å². The first-order valence-corrected chi connectivity index (χ1v) is 11.5. The number of benzene rings is 2. The second kappa shape index (κ2) is 10.9. The van der Waals surface area contributed by atoms with Gasteiger partial charge in [-0.2, -0.15) is 0 Å². The Kier molecular flexibility index (Phi) is 7.45. The van der Waals surface area contributed by atoms with E-state index < -0.39 is 17.2 Å². The highest BCUT2D eigenvalue weighted by Crippen LogP contribution is 2.24. The molecule has 34 heavy (non-hydrogen) atoms. The Balaban J connectivity index is 1.56. The van der Waals surface area contributed by atoms with Gasteiger partial charge in [-0.1, -0.05) is 54.2 Å². The predicted molar refractivity (Wildman–Crippen MR) is 130 cm³/mol. The van der Waals surface area contributed by atoms with Crippen molar-refractivity contribution < 1.29 is 13.9 Å². The highest BCUT2D eigenvalue weighted by atomic mass is 32.2. The number of carbonyl (C=O) groups is 1. The second-order valence-electron chi connectivity index (χ2n) is 7.25. The van der Waals surface area contributed by atoms with Crippen molar-refractivity contribution in [3.8, 4) is 0 Å². The number of aromatic amines is 1. The Morgan fingerprint density at radius 1 is 1.15 bits per heavy atom. The summed E-state index contributed by atoms with van der Waals surface area (Å²) in [6.45, 7) is 0.678. The third kappa shape index (κ3) is 5.56. The van der Waals surface area contributed by atoms with Gasteiger partial charge in [-0.3, -0.25) is 19.1 Å². The zero-order chi connectivity index (χ0) is 23.9. The van der Waals surface area contributed by atoms with Crippen molar-refractivity contribution in [3.05, 3.63) is 81.0 Å². The van der Waals surface area contributed by atoms with Crippen molar-refractivity contribution in [3.63, 3.8) is 0 Å². The number of ether oxygens (including phenoxy) is 1. The smallest absolute Gasteiger partial charge is 0.330 e. The summed E-state index contributed by atoms with van der Waals surface area (Å²) >= 11 is 1.11. The average molecular weight is 482 g/mol. The average Bonchev–Trinajstić information content (AvgIpc) is 3.26. The fourth-order valence-corrected chi connectivity index (χ4v) is 3.89. The number of oxazole rings is 1. The standard InChI is InChI=1S/C23H23N5O5S/c1-32-12-11-28-20(19(21(30)27-22(28)31)24-13-15-7-3-2-4-8-15)26-18(29)14-34-23-25-16-9-5-6-10-17(16)33-23/h2-10,24H,11-14H2,1H3,(H,26,29)(H,27,30,31). The Labute approximate surface area is 198 Å². The lowest BCUT2D eigenvalue weighted by Gasteiger charge is -2.17. The van der Waals surface area contributed by atoms with Crippen molar-refractivity contribution >= 4 is 40.3 Å². The number of hydrogen-bond acceptors (Lipinski definition) is 8. The number of fused-ring (bicyclic) bond motifs is 1. The van der Waals surface area contributed by atoms with Gasteiger partial charge in [0.25, 0.3) is 10.8 Å². The van der Waals surface area contributed by atoms with Crippen molar-refractivity contribution in [2.24, 2.45) is 0 Å². The van der Waals surface area contributed by atoms with E-state index in [2.05, 4.69) is 20.6 Å². The van der Waals surface area contributed by atoms with E-state index in [1.807, 2.05) is 48.5 Å². The van der Waals surface area contributed by atoms with Crippen molar-refractivity contribution in [1.82, 2.24) is 14.5 Å². The highest BCUT2D eigenvalue weighted by Gasteiger charge is 2.18. The van der Waals surface area contributed by atoms with Crippen LogP contribution in [0.5, 0.6) is 0 Å². The van der Waals surface area contributed by atoms with Gasteiger partial charge < -0.3 is 19.8 Å². The maximum absolute atomic E-state index is 12.8. The first kappa shape index (κ1) is 23.3. The molecule has 0 aliphatic carbocycles. The number of nitrogens with one attached hydrogen (secondary N) is 3. The number of hydrogen-bond donors (Lipinski definition) is 3. The molecule has 4 aromatic rings. The molecule has 0 unspecified atom stereocenters. The lowest BCUT2D eigenvalue weighted by atomic mass is 10.2. The summed E-state index contributed by atoms with van der Waals surface area (Å²) in [5, 5.41) is 6.10. The van der Waals surface area contributed by atoms with Crippen LogP contribution in [-0.4, -0.2) is 39.9 Å². The highest BCUT2D eigenvalue weighted by molar-refractivity contribution is 7.99. The number of carbonyl (C=O) groups excluding carboxylic acids is 1. The first-order chi connectivity index (χ1) is 16.5. The molecule has 0 aliphatic rings. The number of thioether (sulfide) groups is 1. The first-order valence-electron chi connectivity index (χ1n) is 10.5. The number of anilines is 2. The molecular weight excluding hydrogens is 458 g/mol. The molecule has 0 aliphatic heterocycles. The van der Waals surface area contributed by atoms with Gasteiger partial charge in [0.15, 0.2) is 5.58 Å². The summed E-state index contributed by atoms with van der Waals surface area (Å²) in [5.41, 5.74) is 1.06. The molecule has 0 saturated heterocycles. The maximum Gasteiger partial charge on any atom is 0.330 e. The van der Waals surface area contributed by atoms with Gasteiger partial charge in [-0.05, 0) is 17.7 Å². The molecule has 1 amide bonds. The third-order valence-corrected chi connectivity index (χ3v) is 5.72. The minimum atomic E-state index is -0.644. The molecule has 0 saturated carbocycles. The fourth-order valence-electron chi connectivity index (χ4n) is 3.26. The molecule has 0 bridgehead atoms. The van der Waals surface area contributed by atoms with Crippen LogP contribution in [0.15, 0.2) is 73.8 Å². The van der Waals surface area contributed by atoms with Crippen LogP contribution in [0, 0.1) is 0 Å². The van der Waals surface area contributed by atoms with E-state index in [0.717, 1.165) is 17.3 Å². The van der Waals surface area contributed by atoms with Gasteiger partial charge >= 0.3 is 5.69 Å². The van der Waals surface area contributed by atoms with Crippen molar-refractivity contribution in [1.29, 1.82) is 0 Å². The molecular formula is C23H23N5O5S. The summed E-state index contributed by atoms with van der Waals surface area (Å²) in [7, 11) is 1.50. The van der Waals surface area contributed by atoms with E-state index in [9.17, 15) is 14.4 Å². The Morgan fingerprint density at radius 2 is 1.91 bits per heavy atom. The van der Waals surface area contributed by atoms with Gasteiger partial charge in [0, 0.05) is 13.7 Å². The zero-order valence-corrected chi connectivity index (χ0v) is 19.2. The molecule has 2 heterocycles. The third-order valence-electron chi connectivity index (χ3n) is 4.89. The predicted octanol–water partition coefficient (Wildman–Crippen LogP) is 2.67. The molecule has 10 nitrogen and oxygen atoms in total. The van der Waals surface area contributed by atoms with Crippen molar-refractivity contribution in [2.45, 2.75) is 18.3 Å². The molecule has 2 aromatic heterocycles. The molecule has 0 spiro atoms. The van der Waals surface area contributed by atoms with Crippen LogP contribution in [0.4, 0.5) is 11.5 Å². The molecule has 0 radical (unpaired) electrons. The summed E-state index contributed by atoms with van der Waals surface area (Å²) < 4.78 is 12.0. The zero-order valence-electron chi connectivity index (χ0n) is 18.4. The number of methoxy groups -OCH3 is 1. The Hall–Kier alpha value is -3.83. The van der Waals surface area contributed by atoms with Crippen LogP contribution >= 0.6 is 11.8 Å². The van der Waals surface area contributed by atoms with Gasteiger partial charge in [0.05, 0.1) is 18.9 Å². The van der Waals surface area contributed by atoms with E-state index in [0.29, 0.717) is 22.9 Å². The van der Waals surface area contributed by atoms with Crippen LogP contribution < -0.4 is 21.9 Å². The number of para-hydroxylation sites is 2. The Morgan fingerprint density at radius 3 is 2.68 bits per heavy atom. The molecule has 0 atom stereocenters. The molecule has 3 N–H and O–H groups in total. The number of amides is 1. The molecule has 11 heteroatoms. The normalized spacial score (nSPS) is 11.0. The van der Waals surface area contributed by atoms with Gasteiger partial charge in [-0.25, -0.2) is 9.78 Å². The minimum Gasteiger partial charge on any atom is -0.431 e. The second-order valence-corrected chi connectivity index (χ2v) is 8.18. The summed E-state index contributed by atoms with van der Waals surface area (Å²) in [6.07, 6.45) is 0. The lowest BCUT2D eigenvalue weighted by molar-refractivity contribution is -0.113. The lowest BCUT2D eigenvalue weighted by Crippen LogP contribution is -2.36. The largest absolute Gasteiger partial charge is 0.431 e. The quantitative estimate of drug-likeness (QED) is 0.295.